The fourth-order valence-electron chi connectivity index (χ4n) is 2.57. The summed E-state index contributed by atoms with van der Waals surface area (Å²) in [5.74, 6) is 1.40. The molecule has 1 atom stereocenters. The largest absolute Gasteiger partial charge is 0.497 e. The number of rotatable bonds is 7. The van der Waals surface area contributed by atoms with Gasteiger partial charge >= 0.3 is 0 Å². The molecule has 4 nitrogen and oxygen atoms in total. The molecule has 0 spiro atoms. The number of carbonyl (C=O) groups excluding carboxylic acids is 1. The molecule has 1 N–H and O–H groups in total. The summed E-state index contributed by atoms with van der Waals surface area (Å²) >= 11 is 0. The highest BCUT2D eigenvalue weighted by Crippen LogP contribution is 2.25. The standard InChI is InChI=1S/C22H29NO3/c1-6-20(26-19-13-9-17(10-14-19)22(2,3)4)21(24)23-15-16-7-11-18(25-5)12-8-16/h7-14,20H,6,15H2,1-5H3,(H,23,24). The Balaban J connectivity index is 1.93. The molecule has 4 heteroatoms. The number of benzene rings is 2. The maximum Gasteiger partial charge on any atom is 0.261 e. The van der Waals surface area contributed by atoms with Gasteiger partial charge in [0, 0.05) is 6.54 Å². The summed E-state index contributed by atoms with van der Waals surface area (Å²) < 4.78 is 11.0. The van der Waals surface area contributed by atoms with Gasteiger partial charge in [0.25, 0.3) is 5.91 Å². The lowest BCUT2D eigenvalue weighted by Gasteiger charge is -2.21. The van der Waals surface area contributed by atoms with E-state index in [0.29, 0.717) is 18.7 Å². The molecule has 0 radical (unpaired) electrons. The van der Waals surface area contributed by atoms with Gasteiger partial charge in [0.1, 0.15) is 11.5 Å². The van der Waals surface area contributed by atoms with Crippen molar-refractivity contribution in [2.75, 3.05) is 7.11 Å². The summed E-state index contributed by atoms with van der Waals surface area (Å²) in [5, 5.41) is 2.94. The van der Waals surface area contributed by atoms with Gasteiger partial charge in [-0.15, -0.1) is 0 Å². The first-order valence-electron chi connectivity index (χ1n) is 9.01. The van der Waals surface area contributed by atoms with Crippen molar-refractivity contribution in [2.45, 2.75) is 52.2 Å². The van der Waals surface area contributed by atoms with E-state index in [1.807, 2.05) is 43.3 Å². The van der Waals surface area contributed by atoms with Crippen molar-refractivity contribution >= 4 is 5.91 Å². The minimum absolute atomic E-state index is 0.0957. The molecule has 2 rings (SSSR count). The molecular weight excluding hydrogens is 326 g/mol. The molecular formula is C22H29NO3. The Kier molecular flexibility index (Phi) is 6.67. The maximum atomic E-state index is 12.4. The third-order valence-corrected chi connectivity index (χ3v) is 4.29. The zero-order valence-electron chi connectivity index (χ0n) is 16.3. The van der Waals surface area contributed by atoms with Crippen LogP contribution in [0.5, 0.6) is 11.5 Å². The predicted molar refractivity (Wildman–Crippen MR) is 105 cm³/mol. The molecule has 0 fully saturated rings. The van der Waals surface area contributed by atoms with Crippen molar-refractivity contribution < 1.29 is 14.3 Å². The number of hydrogen-bond donors (Lipinski definition) is 1. The minimum Gasteiger partial charge on any atom is -0.497 e. The van der Waals surface area contributed by atoms with Crippen LogP contribution >= 0.6 is 0 Å². The van der Waals surface area contributed by atoms with Crippen LogP contribution < -0.4 is 14.8 Å². The molecule has 0 aliphatic heterocycles. The van der Waals surface area contributed by atoms with Crippen LogP contribution in [0.2, 0.25) is 0 Å². The summed E-state index contributed by atoms with van der Waals surface area (Å²) in [5.41, 5.74) is 2.35. The first-order valence-corrected chi connectivity index (χ1v) is 9.01. The average molecular weight is 355 g/mol. The molecule has 0 aliphatic rings. The third-order valence-electron chi connectivity index (χ3n) is 4.29. The molecule has 0 saturated heterocycles. The smallest absolute Gasteiger partial charge is 0.261 e. The van der Waals surface area contributed by atoms with Gasteiger partial charge in [0.05, 0.1) is 7.11 Å². The molecule has 0 aliphatic carbocycles. The molecule has 26 heavy (non-hydrogen) atoms. The number of nitrogens with one attached hydrogen (secondary N) is 1. The monoisotopic (exact) mass is 355 g/mol. The van der Waals surface area contributed by atoms with E-state index < -0.39 is 6.10 Å². The zero-order valence-corrected chi connectivity index (χ0v) is 16.3. The maximum absolute atomic E-state index is 12.4. The molecule has 140 valence electrons. The van der Waals surface area contributed by atoms with E-state index in [1.54, 1.807) is 7.11 Å². The summed E-state index contributed by atoms with van der Waals surface area (Å²) in [6.07, 6.45) is 0.101. The minimum atomic E-state index is -0.506. The van der Waals surface area contributed by atoms with Gasteiger partial charge in [0.2, 0.25) is 0 Å². The van der Waals surface area contributed by atoms with E-state index in [-0.39, 0.29) is 11.3 Å². The predicted octanol–water partition coefficient (Wildman–Crippen LogP) is 4.47. The molecule has 1 unspecified atom stereocenters. The highest BCUT2D eigenvalue weighted by atomic mass is 16.5. The van der Waals surface area contributed by atoms with Crippen molar-refractivity contribution in [1.29, 1.82) is 0 Å². The SMILES string of the molecule is CCC(Oc1ccc(C(C)(C)C)cc1)C(=O)NCc1ccc(OC)cc1. The second kappa shape index (κ2) is 8.75. The van der Waals surface area contributed by atoms with E-state index in [4.69, 9.17) is 9.47 Å². The Bertz CT molecular complexity index is 700. The summed E-state index contributed by atoms with van der Waals surface area (Å²) in [6.45, 7) is 8.92. The van der Waals surface area contributed by atoms with Crippen LogP contribution in [0.25, 0.3) is 0 Å². The van der Waals surface area contributed by atoms with Crippen LogP contribution in [-0.4, -0.2) is 19.1 Å². The summed E-state index contributed by atoms with van der Waals surface area (Å²) in [7, 11) is 1.63. The van der Waals surface area contributed by atoms with Gasteiger partial charge in [-0.05, 0) is 47.2 Å². The lowest BCUT2D eigenvalue weighted by Crippen LogP contribution is -2.37. The first kappa shape index (κ1) is 19.8. The van der Waals surface area contributed by atoms with E-state index in [1.165, 1.54) is 5.56 Å². The molecule has 1 amide bonds. The number of carbonyl (C=O) groups is 1. The van der Waals surface area contributed by atoms with Crippen LogP contribution in [0, 0.1) is 0 Å². The van der Waals surface area contributed by atoms with Crippen molar-refractivity contribution in [3.8, 4) is 11.5 Å². The van der Waals surface area contributed by atoms with Crippen molar-refractivity contribution in [2.24, 2.45) is 0 Å². The second-order valence-electron chi connectivity index (χ2n) is 7.35. The van der Waals surface area contributed by atoms with E-state index in [0.717, 1.165) is 11.3 Å². The van der Waals surface area contributed by atoms with Gasteiger partial charge in [0.15, 0.2) is 6.10 Å². The van der Waals surface area contributed by atoms with E-state index >= 15 is 0 Å². The van der Waals surface area contributed by atoms with Crippen LogP contribution in [0.15, 0.2) is 48.5 Å². The van der Waals surface area contributed by atoms with Crippen molar-refractivity contribution in [3.05, 3.63) is 59.7 Å². The van der Waals surface area contributed by atoms with Gasteiger partial charge in [-0.1, -0.05) is 52.0 Å². The van der Waals surface area contributed by atoms with E-state index in [9.17, 15) is 4.79 Å². The topological polar surface area (TPSA) is 47.6 Å². The average Bonchev–Trinajstić information content (AvgIpc) is 2.64. The lowest BCUT2D eigenvalue weighted by atomic mass is 9.87. The molecule has 0 saturated carbocycles. The van der Waals surface area contributed by atoms with Crippen LogP contribution in [0.1, 0.15) is 45.2 Å². The summed E-state index contributed by atoms with van der Waals surface area (Å²) in [6, 6.07) is 15.6. The molecule has 0 bridgehead atoms. The Labute approximate surface area is 156 Å². The molecule has 0 aromatic heterocycles. The number of hydrogen-bond acceptors (Lipinski definition) is 3. The summed E-state index contributed by atoms with van der Waals surface area (Å²) in [4.78, 5) is 12.4. The van der Waals surface area contributed by atoms with Gasteiger partial charge in [-0.2, -0.15) is 0 Å². The van der Waals surface area contributed by atoms with Crippen LogP contribution in [-0.2, 0) is 16.8 Å². The normalized spacial score (nSPS) is 12.3. The quantitative estimate of drug-likeness (QED) is 0.797. The first-order chi connectivity index (χ1) is 12.3. The van der Waals surface area contributed by atoms with Gasteiger partial charge < -0.3 is 14.8 Å². The fraction of sp³-hybridized carbons (Fsp3) is 0.409. The van der Waals surface area contributed by atoms with Crippen molar-refractivity contribution in [3.63, 3.8) is 0 Å². The lowest BCUT2D eigenvalue weighted by molar-refractivity contribution is -0.128. The van der Waals surface area contributed by atoms with Crippen LogP contribution in [0.4, 0.5) is 0 Å². The highest BCUT2D eigenvalue weighted by molar-refractivity contribution is 5.81. The number of ether oxygens (including phenoxy) is 2. The molecule has 0 heterocycles. The Morgan fingerprint density at radius 3 is 2.08 bits per heavy atom. The second-order valence-corrected chi connectivity index (χ2v) is 7.35. The van der Waals surface area contributed by atoms with Crippen LogP contribution in [0.3, 0.4) is 0 Å². The third kappa shape index (κ3) is 5.51. The Hall–Kier alpha value is -2.49. The van der Waals surface area contributed by atoms with Gasteiger partial charge in [-0.3, -0.25) is 4.79 Å². The number of methoxy groups -OCH3 is 1. The fourth-order valence-corrected chi connectivity index (χ4v) is 2.57. The van der Waals surface area contributed by atoms with E-state index in [2.05, 4.69) is 38.2 Å². The highest BCUT2D eigenvalue weighted by Gasteiger charge is 2.19. The molecule has 2 aromatic rings. The molecule has 2 aromatic carbocycles. The van der Waals surface area contributed by atoms with Gasteiger partial charge in [-0.25, -0.2) is 0 Å². The Morgan fingerprint density at radius 1 is 1.00 bits per heavy atom. The number of amides is 1. The zero-order chi connectivity index (χ0) is 19.2. The Morgan fingerprint density at radius 2 is 1.58 bits per heavy atom. The van der Waals surface area contributed by atoms with Crippen molar-refractivity contribution in [1.82, 2.24) is 5.32 Å².